The van der Waals surface area contributed by atoms with E-state index >= 15 is 0 Å². The first-order valence-corrected chi connectivity index (χ1v) is 6.46. The summed E-state index contributed by atoms with van der Waals surface area (Å²) in [5.74, 6) is -0.284. The Morgan fingerprint density at radius 1 is 1.44 bits per heavy atom. The molecule has 1 atom stereocenters. The van der Waals surface area contributed by atoms with Crippen LogP contribution >= 0.6 is 0 Å². The molecule has 0 aromatic rings. The maximum atomic E-state index is 11.9. The van der Waals surface area contributed by atoms with E-state index in [0.29, 0.717) is 18.9 Å². The molecule has 1 aliphatic carbocycles. The minimum absolute atomic E-state index is 0.125. The van der Waals surface area contributed by atoms with Gasteiger partial charge in [0.05, 0.1) is 12.6 Å². The Hall–Kier alpha value is -1.43. The topological polar surface area (TPSA) is 78.5 Å². The molecule has 1 aliphatic heterocycles. The highest BCUT2D eigenvalue weighted by Gasteiger charge is 2.34. The van der Waals surface area contributed by atoms with E-state index in [1.165, 1.54) is 0 Å². The van der Waals surface area contributed by atoms with Crippen LogP contribution in [0.25, 0.3) is 0 Å². The number of nitrogens with one attached hydrogen (secondary N) is 2. The van der Waals surface area contributed by atoms with Gasteiger partial charge in [0.25, 0.3) is 0 Å². The van der Waals surface area contributed by atoms with Crippen LogP contribution in [-0.2, 0) is 14.4 Å². The lowest BCUT2D eigenvalue weighted by atomic mass is 10.1. The van der Waals surface area contributed by atoms with E-state index in [9.17, 15) is 14.4 Å². The molecule has 18 heavy (non-hydrogen) atoms. The molecule has 1 saturated heterocycles. The third kappa shape index (κ3) is 3.07. The molecule has 0 aromatic carbocycles. The van der Waals surface area contributed by atoms with E-state index in [4.69, 9.17) is 0 Å². The fourth-order valence-corrected chi connectivity index (χ4v) is 1.97. The number of carbonyl (C=O) groups is 3. The smallest absolute Gasteiger partial charge is 0.246 e. The van der Waals surface area contributed by atoms with Crippen LogP contribution in [-0.4, -0.2) is 48.3 Å². The number of rotatable bonds is 5. The highest BCUT2D eigenvalue weighted by molar-refractivity contribution is 6.03. The molecule has 0 radical (unpaired) electrons. The average Bonchev–Trinajstić information content (AvgIpc) is 3.16. The zero-order valence-electron chi connectivity index (χ0n) is 10.6. The van der Waals surface area contributed by atoms with E-state index in [1.807, 2.05) is 6.92 Å². The molecule has 1 heterocycles. The van der Waals surface area contributed by atoms with Crippen LogP contribution in [0.4, 0.5) is 0 Å². The third-order valence-electron chi connectivity index (χ3n) is 3.36. The predicted molar refractivity (Wildman–Crippen MR) is 64.5 cm³/mol. The standard InChI is InChI=1S/C12H19N3O3/c1-2-9-12(18)15(11(17)6-13-9)7-10(16)14-5-8-3-4-8/h8-9,13H,2-7H2,1H3,(H,14,16). The van der Waals surface area contributed by atoms with Crippen molar-refractivity contribution in [2.24, 2.45) is 5.92 Å². The largest absolute Gasteiger partial charge is 0.354 e. The van der Waals surface area contributed by atoms with Gasteiger partial charge in [-0.15, -0.1) is 0 Å². The molecule has 3 amide bonds. The van der Waals surface area contributed by atoms with Crippen molar-refractivity contribution in [2.45, 2.75) is 32.2 Å². The number of hydrogen-bond donors (Lipinski definition) is 2. The van der Waals surface area contributed by atoms with Crippen molar-refractivity contribution in [1.82, 2.24) is 15.5 Å². The normalized spacial score (nSPS) is 24.3. The monoisotopic (exact) mass is 253 g/mol. The molecule has 0 bridgehead atoms. The lowest BCUT2D eigenvalue weighted by molar-refractivity contribution is -0.152. The molecule has 2 rings (SSSR count). The summed E-state index contributed by atoms with van der Waals surface area (Å²) in [5.41, 5.74) is 0. The molecule has 1 unspecified atom stereocenters. The molecule has 100 valence electrons. The van der Waals surface area contributed by atoms with Gasteiger partial charge in [0.15, 0.2) is 0 Å². The minimum atomic E-state index is -0.348. The Kier molecular flexibility index (Phi) is 3.96. The molecule has 6 nitrogen and oxygen atoms in total. The highest BCUT2D eigenvalue weighted by Crippen LogP contribution is 2.27. The molecule has 2 aliphatic rings. The van der Waals surface area contributed by atoms with Crippen LogP contribution in [0.5, 0.6) is 0 Å². The highest BCUT2D eigenvalue weighted by atomic mass is 16.2. The number of piperazine rings is 1. The molecular formula is C12H19N3O3. The summed E-state index contributed by atoms with van der Waals surface area (Å²) in [5, 5.41) is 5.62. The van der Waals surface area contributed by atoms with E-state index in [0.717, 1.165) is 17.7 Å². The van der Waals surface area contributed by atoms with E-state index in [1.54, 1.807) is 0 Å². The lowest BCUT2D eigenvalue weighted by Gasteiger charge is -2.30. The van der Waals surface area contributed by atoms with Crippen molar-refractivity contribution in [1.29, 1.82) is 0 Å². The van der Waals surface area contributed by atoms with Crippen LogP contribution in [0.15, 0.2) is 0 Å². The van der Waals surface area contributed by atoms with Crippen molar-refractivity contribution in [3.8, 4) is 0 Å². The molecule has 0 spiro atoms. The van der Waals surface area contributed by atoms with Crippen molar-refractivity contribution in [3.05, 3.63) is 0 Å². The molecule has 6 heteroatoms. The van der Waals surface area contributed by atoms with Gasteiger partial charge in [0, 0.05) is 6.54 Å². The summed E-state index contributed by atoms with van der Waals surface area (Å²) in [6, 6.07) is -0.348. The maximum Gasteiger partial charge on any atom is 0.246 e. The molecular weight excluding hydrogens is 234 g/mol. The van der Waals surface area contributed by atoms with Crippen molar-refractivity contribution < 1.29 is 14.4 Å². The number of hydrogen-bond acceptors (Lipinski definition) is 4. The van der Waals surface area contributed by atoms with E-state index < -0.39 is 0 Å². The van der Waals surface area contributed by atoms with Gasteiger partial charge in [-0.1, -0.05) is 6.92 Å². The Morgan fingerprint density at radius 3 is 2.78 bits per heavy atom. The van der Waals surface area contributed by atoms with Crippen molar-refractivity contribution >= 4 is 17.7 Å². The van der Waals surface area contributed by atoms with E-state index in [-0.39, 0.29) is 36.9 Å². The molecule has 0 aromatic heterocycles. The average molecular weight is 253 g/mol. The fraction of sp³-hybridized carbons (Fsp3) is 0.750. The number of nitrogens with zero attached hydrogens (tertiary/aromatic N) is 1. The zero-order valence-corrected chi connectivity index (χ0v) is 10.6. The maximum absolute atomic E-state index is 11.9. The minimum Gasteiger partial charge on any atom is -0.354 e. The first-order valence-electron chi connectivity index (χ1n) is 6.46. The summed E-state index contributed by atoms with van der Waals surface area (Å²) in [6.45, 7) is 2.50. The Labute approximate surface area is 106 Å². The first kappa shape index (κ1) is 13.0. The van der Waals surface area contributed by atoms with E-state index in [2.05, 4.69) is 10.6 Å². The van der Waals surface area contributed by atoms with Crippen LogP contribution in [0.2, 0.25) is 0 Å². The predicted octanol–water partition coefficient (Wildman–Crippen LogP) is -0.750. The van der Waals surface area contributed by atoms with Gasteiger partial charge in [0.2, 0.25) is 17.7 Å². The fourth-order valence-electron chi connectivity index (χ4n) is 1.97. The number of amides is 3. The van der Waals surface area contributed by atoms with Crippen LogP contribution in [0.1, 0.15) is 26.2 Å². The number of imide groups is 1. The number of carbonyl (C=O) groups excluding carboxylic acids is 3. The van der Waals surface area contributed by atoms with Crippen molar-refractivity contribution in [3.63, 3.8) is 0 Å². The Morgan fingerprint density at radius 2 is 2.17 bits per heavy atom. The summed E-state index contributed by atoms with van der Waals surface area (Å²) in [4.78, 5) is 36.2. The second-order valence-corrected chi connectivity index (χ2v) is 4.91. The van der Waals surface area contributed by atoms with Gasteiger partial charge in [-0.3, -0.25) is 24.6 Å². The SMILES string of the molecule is CCC1NCC(=O)N(CC(=O)NCC2CC2)C1=O. The summed E-state index contributed by atoms with van der Waals surface area (Å²) >= 11 is 0. The Bertz CT molecular complexity index is 366. The van der Waals surface area contributed by atoms with Gasteiger partial charge in [-0.05, 0) is 25.2 Å². The van der Waals surface area contributed by atoms with Gasteiger partial charge < -0.3 is 5.32 Å². The van der Waals surface area contributed by atoms with Gasteiger partial charge in [0.1, 0.15) is 6.54 Å². The summed E-state index contributed by atoms with van der Waals surface area (Å²) < 4.78 is 0. The zero-order chi connectivity index (χ0) is 13.1. The van der Waals surface area contributed by atoms with Gasteiger partial charge in [-0.2, -0.15) is 0 Å². The quantitative estimate of drug-likeness (QED) is 0.632. The van der Waals surface area contributed by atoms with Gasteiger partial charge in [-0.25, -0.2) is 0 Å². The van der Waals surface area contributed by atoms with Crippen molar-refractivity contribution in [2.75, 3.05) is 19.6 Å². The second kappa shape index (κ2) is 5.48. The first-order chi connectivity index (χ1) is 8.61. The Balaban J connectivity index is 1.86. The van der Waals surface area contributed by atoms with Crippen LogP contribution in [0.3, 0.4) is 0 Å². The second-order valence-electron chi connectivity index (χ2n) is 4.91. The summed E-state index contributed by atoms with van der Waals surface area (Å²) in [7, 11) is 0. The molecule has 2 N–H and O–H groups in total. The summed E-state index contributed by atoms with van der Waals surface area (Å²) in [6.07, 6.45) is 2.93. The van der Waals surface area contributed by atoms with Gasteiger partial charge >= 0.3 is 0 Å². The lowest BCUT2D eigenvalue weighted by Crippen LogP contribution is -2.59. The third-order valence-corrected chi connectivity index (χ3v) is 3.36. The molecule has 2 fully saturated rings. The molecule has 1 saturated carbocycles. The van der Waals surface area contributed by atoms with Crippen LogP contribution < -0.4 is 10.6 Å². The van der Waals surface area contributed by atoms with Crippen LogP contribution in [0, 0.1) is 5.92 Å².